The zero-order chi connectivity index (χ0) is 16.4. The Morgan fingerprint density at radius 2 is 2.00 bits per heavy atom. The van der Waals surface area contributed by atoms with Crippen molar-refractivity contribution in [1.29, 1.82) is 0 Å². The van der Waals surface area contributed by atoms with E-state index in [1.54, 1.807) is 18.2 Å². The molecule has 116 valence electrons. The molecule has 1 aliphatic rings. The van der Waals surface area contributed by atoms with E-state index < -0.39 is 12.1 Å². The number of ketones is 1. The lowest BCUT2D eigenvalue weighted by molar-refractivity contribution is -0.144. The lowest BCUT2D eigenvalue weighted by Crippen LogP contribution is -2.22. The van der Waals surface area contributed by atoms with Gasteiger partial charge in [0.1, 0.15) is 5.75 Å². The summed E-state index contributed by atoms with van der Waals surface area (Å²) in [6, 6.07) is 14.7. The second kappa shape index (κ2) is 6.08. The predicted octanol–water partition coefficient (Wildman–Crippen LogP) is 3.36. The van der Waals surface area contributed by atoms with Crippen LogP contribution in [0.5, 0.6) is 5.75 Å². The van der Waals surface area contributed by atoms with Crippen molar-refractivity contribution in [3.8, 4) is 5.75 Å². The van der Waals surface area contributed by atoms with Gasteiger partial charge < -0.3 is 9.84 Å². The van der Waals surface area contributed by atoms with Gasteiger partial charge in [-0.05, 0) is 36.3 Å². The predicted molar refractivity (Wildman–Crippen MR) is 86.6 cm³/mol. The molecule has 0 unspecified atom stereocenters. The quantitative estimate of drug-likeness (QED) is 0.880. The smallest absolute Gasteiger partial charge is 0.344 e. The van der Waals surface area contributed by atoms with Gasteiger partial charge in [0.15, 0.2) is 11.9 Å². The van der Waals surface area contributed by atoms with E-state index in [0.29, 0.717) is 12.2 Å². The number of ether oxygens (including phenoxy) is 1. The Balaban J connectivity index is 1.84. The Labute approximate surface area is 134 Å². The molecule has 0 saturated carbocycles. The van der Waals surface area contributed by atoms with E-state index in [1.165, 1.54) is 6.92 Å². The van der Waals surface area contributed by atoms with E-state index in [9.17, 15) is 9.59 Å². The lowest BCUT2D eigenvalue weighted by atomic mass is 10.1. The van der Waals surface area contributed by atoms with Gasteiger partial charge >= 0.3 is 5.97 Å². The van der Waals surface area contributed by atoms with E-state index in [0.717, 1.165) is 22.3 Å². The molecule has 0 aliphatic heterocycles. The Kier molecular flexibility index (Phi) is 3.98. The molecule has 0 heterocycles. The first kappa shape index (κ1) is 15.0. The second-order valence-electron chi connectivity index (χ2n) is 5.50. The van der Waals surface area contributed by atoms with Crippen LogP contribution >= 0.6 is 0 Å². The van der Waals surface area contributed by atoms with E-state index >= 15 is 0 Å². The molecule has 0 fully saturated rings. The number of hydrogen-bond acceptors (Lipinski definition) is 3. The molecule has 23 heavy (non-hydrogen) atoms. The Bertz CT molecular complexity index is 805. The SMILES string of the molecule is C[C@H](Oc1cccc(/C=C2\Cc3ccccc3C2=O)c1)C(=O)O. The van der Waals surface area contributed by atoms with Crippen molar-refractivity contribution < 1.29 is 19.4 Å². The van der Waals surface area contributed by atoms with Gasteiger partial charge in [0.25, 0.3) is 0 Å². The van der Waals surface area contributed by atoms with Gasteiger partial charge in [0.05, 0.1) is 0 Å². The molecule has 3 rings (SSSR count). The van der Waals surface area contributed by atoms with Crippen molar-refractivity contribution in [3.05, 3.63) is 70.8 Å². The number of benzene rings is 2. The van der Waals surface area contributed by atoms with E-state index in [4.69, 9.17) is 9.84 Å². The molecule has 1 N–H and O–H groups in total. The van der Waals surface area contributed by atoms with E-state index in [2.05, 4.69) is 0 Å². The average Bonchev–Trinajstić information content (AvgIpc) is 2.84. The highest BCUT2D eigenvalue weighted by Gasteiger charge is 2.23. The number of rotatable bonds is 4. The minimum absolute atomic E-state index is 0.0471. The number of carboxylic acids is 1. The van der Waals surface area contributed by atoms with Gasteiger partial charge in [-0.15, -0.1) is 0 Å². The molecule has 2 aromatic carbocycles. The van der Waals surface area contributed by atoms with Crippen molar-refractivity contribution in [3.63, 3.8) is 0 Å². The summed E-state index contributed by atoms with van der Waals surface area (Å²) in [6.07, 6.45) is 1.53. The molecule has 0 amide bonds. The molecular weight excluding hydrogens is 292 g/mol. The molecule has 0 aromatic heterocycles. The first-order valence-corrected chi connectivity index (χ1v) is 7.37. The number of aliphatic carboxylic acids is 1. The van der Waals surface area contributed by atoms with Crippen molar-refractivity contribution in [2.45, 2.75) is 19.4 Å². The highest BCUT2D eigenvalue weighted by Crippen LogP contribution is 2.28. The zero-order valence-corrected chi connectivity index (χ0v) is 12.7. The van der Waals surface area contributed by atoms with Crippen LogP contribution in [0.25, 0.3) is 6.08 Å². The van der Waals surface area contributed by atoms with Crippen molar-refractivity contribution in [2.24, 2.45) is 0 Å². The maximum absolute atomic E-state index is 12.4. The molecule has 1 aliphatic carbocycles. The van der Waals surface area contributed by atoms with Crippen LogP contribution in [-0.4, -0.2) is 23.0 Å². The number of fused-ring (bicyclic) bond motifs is 1. The fourth-order valence-electron chi connectivity index (χ4n) is 2.60. The molecule has 0 bridgehead atoms. The highest BCUT2D eigenvalue weighted by atomic mass is 16.5. The van der Waals surface area contributed by atoms with Crippen molar-refractivity contribution in [2.75, 3.05) is 0 Å². The molecule has 0 saturated heterocycles. The third-order valence-corrected chi connectivity index (χ3v) is 3.79. The van der Waals surface area contributed by atoms with Gasteiger partial charge in [-0.1, -0.05) is 36.4 Å². The fourth-order valence-corrected chi connectivity index (χ4v) is 2.60. The molecule has 4 nitrogen and oxygen atoms in total. The number of carboxylic acid groups (broad SMARTS) is 1. The first-order chi connectivity index (χ1) is 11.0. The molecule has 4 heteroatoms. The third-order valence-electron chi connectivity index (χ3n) is 3.79. The summed E-state index contributed by atoms with van der Waals surface area (Å²) < 4.78 is 5.36. The number of allylic oxidation sites excluding steroid dienone is 1. The number of hydrogen-bond donors (Lipinski definition) is 1. The van der Waals surface area contributed by atoms with Crippen LogP contribution in [0.2, 0.25) is 0 Å². The van der Waals surface area contributed by atoms with Crippen LogP contribution in [0, 0.1) is 0 Å². The maximum Gasteiger partial charge on any atom is 0.344 e. The van der Waals surface area contributed by atoms with Gasteiger partial charge in [-0.2, -0.15) is 0 Å². The topological polar surface area (TPSA) is 63.6 Å². The molecule has 1 atom stereocenters. The average molecular weight is 308 g/mol. The van der Waals surface area contributed by atoms with Crippen molar-refractivity contribution >= 4 is 17.8 Å². The number of Topliss-reactive ketones (excluding diaryl/α,β-unsaturated/α-hetero) is 1. The largest absolute Gasteiger partial charge is 0.479 e. The minimum Gasteiger partial charge on any atom is -0.479 e. The molecule has 2 aromatic rings. The fraction of sp³-hybridized carbons (Fsp3) is 0.158. The number of carbonyl (C=O) groups is 2. The molecular formula is C19H16O4. The van der Waals surface area contributed by atoms with E-state index in [-0.39, 0.29) is 5.78 Å². The monoisotopic (exact) mass is 308 g/mol. The summed E-state index contributed by atoms with van der Waals surface area (Å²) in [4.78, 5) is 23.2. The minimum atomic E-state index is -1.02. The standard InChI is InChI=1S/C19H16O4/c1-12(19(21)22)23-16-7-4-5-13(10-16)9-15-11-14-6-2-3-8-17(14)18(15)20/h2-10,12H,11H2,1H3,(H,21,22)/b15-9+/t12-/m0/s1. The Hall–Kier alpha value is -2.88. The van der Waals surface area contributed by atoms with Gasteiger partial charge in [-0.25, -0.2) is 4.79 Å². The normalized spacial score (nSPS) is 16.2. The summed E-state index contributed by atoms with van der Waals surface area (Å²) >= 11 is 0. The van der Waals surface area contributed by atoms with Crippen LogP contribution in [0.1, 0.15) is 28.4 Å². The molecule has 0 radical (unpaired) electrons. The third kappa shape index (κ3) is 3.16. The summed E-state index contributed by atoms with van der Waals surface area (Å²) in [5, 5.41) is 8.90. The lowest BCUT2D eigenvalue weighted by Gasteiger charge is -2.10. The van der Waals surface area contributed by atoms with Crippen LogP contribution in [0.3, 0.4) is 0 Å². The maximum atomic E-state index is 12.4. The number of carbonyl (C=O) groups excluding carboxylic acids is 1. The van der Waals surface area contributed by atoms with E-state index in [1.807, 2.05) is 36.4 Å². The summed E-state index contributed by atoms with van der Waals surface area (Å²) in [5.74, 6) is -0.502. The van der Waals surface area contributed by atoms with Gasteiger partial charge in [-0.3, -0.25) is 4.79 Å². The van der Waals surface area contributed by atoms with Crippen LogP contribution in [0.15, 0.2) is 54.1 Å². The van der Waals surface area contributed by atoms with Crippen LogP contribution in [0.4, 0.5) is 0 Å². The van der Waals surface area contributed by atoms with Crippen molar-refractivity contribution in [1.82, 2.24) is 0 Å². The Morgan fingerprint density at radius 3 is 2.74 bits per heavy atom. The first-order valence-electron chi connectivity index (χ1n) is 7.37. The van der Waals surface area contributed by atoms with Crippen LogP contribution in [-0.2, 0) is 11.2 Å². The molecule has 0 spiro atoms. The Morgan fingerprint density at radius 1 is 1.22 bits per heavy atom. The van der Waals surface area contributed by atoms with Crippen LogP contribution < -0.4 is 4.74 Å². The van der Waals surface area contributed by atoms with Gasteiger partial charge in [0, 0.05) is 17.6 Å². The summed E-state index contributed by atoms with van der Waals surface area (Å²) in [6.45, 7) is 1.48. The second-order valence-corrected chi connectivity index (χ2v) is 5.50. The summed E-state index contributed by atoms with van der Waals surface area (Å²) in [7, 11) is 0. The van der Waals surface area contributed by atoms with Gasteiger partial charge in [0.2, 0.25) is 0 Å². The highest BCUT2D eigenvalue weighted by molar-refractivity contribution is 6.15. The zero-order valence-electron chi connectivity index (χ0n) is 12.7. The summed E-state index contributed by atoms with van der Waals surface area (Å²) in [5.41, 5.74) is 3.34.